The summed E-state index contributed by atoms with van der Waals surface area (Å²) in [6.07, 6.45) is 2.23. The summed E-state index contributed by atoms with van der Waals surface area (Å²) in [6, 6.07) is 2.13. The quantitative estimate of drug-likeness (QED) is 0.891. The number of hydrogen-bond donors (Lipinski definition) is 1. The van der Waals surface area contributed by atoms with Crippen molar-refractivity contribution in [2.45, 2.75) is 32.2 Å². The molecule has 0 aliphatic heterocycles. The third kappa shape index (κ3) is 1.50. The highest BCUT2D eigenvalue weighted by atomic mass is 19.1. The van der Waals surface area contributed by atoms with E-state index in [1.807, 2.05) is 13.8 Å². The van der Waals surface area contributed by atoms with Gasteiger partial charge in [0.25, 0.3) is 0 Å². The highest BCUT2D eigenvalue weighted by Crippen LogP contribution is 2.46. The molecule has 1 heterocycles. The van der Waals surface area contributed by atoms with Crippen LogP contribution in [0.2, 0.25) is 0 Å². The summed E-state index contributed by atoms with van der Waals surface area (Å²) in [5.74, 6) is -0.537. The number of aromatic nitrogens is 2. The zero-order chi connectivity index (χ0) is 13.1. The number of fused-ring (bicyclic) bond motifs is 1. The number of nitrogens with two attached hydrogens (primary N) is 1. The maximum absolute atomic E-state index is 13.7. The first-order chi connectivity index (χ1) is 8.41. The predicted octanol–water partition coefficient (Wildman–Crippen LogP) is 3.04. The van der Waals surface area contributed by atoms with Crippen LogP contribution in [0.15, 0.2) is 12.1 Å². The van der Waals surface area contributed by atoms with E-state index in [2.05, 4.69) is 4.98 Å². The average Bonchev–Trinajstić information content (AvgIpc) is 3.03. The molecule has 3 nitrogen and oxygen atoms in total. The Hall–Kier alpha value is -1.65. The number of nitrogens with zero attached hydrogens (tertiary/aromatic N) is 2. The molecule has 0 amide bonds. The zero-order valence-corrected chi connectivity index (χ0v) is 10.4. The van der Waals surface area contributed by atoms with Gasteiger partial charge in [-0.2, -0.15) is 0 Å². The lowest BCUT2D eigenvalue weighted by Gasteiger charge is -2.28. The molecule has 0 bridgehead atoms. The second-order valence-electron chi connectivity index (χ2n) is 5.49. The maximum atomic E-state index is 13.7. The van der Waals surface area contributed by atoms with Crippen molar-refractivity contribution < 1.29 is 8.78 Å². The molecule has 1 saturated carbocycles. The van der Waals surface area contributed by atoms with Crippen molar-refractivity contribution in [3.8, 4) is 0 Å². The summed E-state index contributed by atoms with van der Waals surface area (Å²) in [6.45, 7) is 4.07. The van der Waals surface area contributed by atoms with Crippen LogP contribution in [0.4, 0.5) is 14.7 Å². The van der Waals surface area contributed by atoms with E-state index >= 15 is 0 Å². The summed E-state index contributed by atoms with van der Waals surface area (Å²) >= 11 is 0. The van der Waals surface area contributed by atoms with E-state index in [1.54, 1.807) is 4.57 Å². The molecular formula is C13H15F2N3. The van der Waals surface area contributed by atoms with Gasteiger partial charge in [-0.3, -0.25) is 0 Å². The SMILES string of the molecule is CC(C)(C1CC1)n1c(N)nc2c(F)cc(F)cc21. The molecule has 1 aliphatic carbocycles. The van der Waals surface area contributed by atoms with Crippen LogP contribution in [0.25, 0.3) is 11.0 Å². The monoisotopic (exact) mass is 251 g/mol. The van der Waals surface area contributed by atoms with E-state index in [1.165, 1.54) is 6.07 Å². The Morgan fingerprint density at radius 2 is 2.00 bits per heavy atom. The lowest BCUT2D eigenvalue weighted by Crippen LogP contribution is -2.29. The van der Waals surface area contributed by atoms with Crippen LogP contribution in [0.3, 0.4) is 0 Å². The van der Waals surface area contributed by atoms with Crippen LogP contribution >= 0.6 is 0 Å². The van der Waals surface area contributed by atoms with Crippen molar-refractivity contribution in [3.63, 3.8) is 0 Å². The first-order valence-electron chi connectivity index (χ1n) is 6.04. The van der Waals surface area contributed by atoms with Gasteiger partial charge >= 0.3 is 0 Å². The minimum Gasteiger partial charge on any atom is -0.369 e. The predicted molar refractivity (Wildman–Crippen MR) is 66.1 cm³/mol. The zero-order valence-electron chi connectivity index (χ0n) is 10.4. The molecule has 0 saturated heterocycles. The van der Waals surface area contributed by atoms with Gasteiger partial charge in [0.15, 0.2) is 5.82 Å². The first kappa shape index (κ1) is 11.4. The summed E-state index contributed by atoms with van der Waals surface area (Å²) in [7, 11) is 0. The molecule has 0 atom stereocenters. The topological polar surface area (TPSA) is 43.8 Å². The van der Waals surface area contributed by atoms with Gasteiger partial charge in [0.1, 0.15) is 11.3 Å². The summed E-state index contributed by atoms with van der Waals surface area (Å²) in [4.78, 5) is 4.03. The van der Waals surface area contributed by atoms with Gasteiger partial charge in [-0.25, -0.2) is 13.8 Å². The molecule has 0 unspecified atom stereocenters. The fourth-order valence-electron chi connectivity index (χ4n) is 2.70. The van der Waals surface area contributed by atoms with Gasteiger partial charge in [-0.05, 0) is 32.6 Å². The molecule has 0 radical (unpaired) electrons. The van der Waals surface area contributed by atoms with Crippen molar-refractivity contribution >= 4 is 17.0 Å². The molecule has 1 fully saturated rings. The van der Waals surface area contributed by atoms with Crippen LogP contribution in [-0.4, -0.2) is 9.55 Å². The van der Waals surface area contributed by atoms with E-state index in [0.717, 1.165) is 18.9 Å². The van der Waals surface area contributed by atoms with Gasteiger partial charge in [0.2, 0.25) is 5.95 Å². The molecule has 3 rings (SSSR count). The van der Waals surface area contributed by atoms with E-state index in [0.29, 0.717) is 11.4 Å². The number of imidazole rings is 1. The molecule has 5 heteroatoms. The number of halogens is 2. The Bertz CT molecular complexity index is 627. The highest BCUT2D eigenvalue weighted by Gasteiger charge is 2.41. The Balaban J connectivity index is 2.31. The summed E-state index contributed by atoms with van der Waals surface area (Å²) in [5.41, 5.74) is 6.20. The molecule has 2 aromatic rings. The molecule has 1 aromatic carbocycles. The van der Waals surface area contributed by atoms with E-state index < -0.39 is 11.6 Å². The van der Waals surface area contributed by atoms with E-state index in [9.17, 15) is 8.78 Å². The fraction of sp³-hybridized carbons (Fsp3) is 0.462. The standard InChI is InChI=1S/C13H15F2N3/c1-13(2,7-3-4-7)18-10-6-8(14)5-9(15)11(10)17-12(18)16/h5-7H,3-4H2,1-2H3,(H2,16,17). The second kappa shape index (κ2) is 3.43. The van der Waals surface area contributed by atoms with Gasteiger partial charge in [-0.15, -0.1) is 0 Å². The second-order valence-corrected chi connectivity index (χ2v) is 5.49. The smallest absolute Gasteiger partial charge is 0.201 e. The summed E-state index contributed by atoms with van der Waals surface area (Å²) in [5, 5.41) is 0. The number of hydrogen-bond acceptors (Lipinski definition) is 2. The molecule has 18 heavy (non-hydrogen) atoms. The van der Waals surface area contributed by atoms with E-state index in [4.69, 9.17) is 5.73 Å². The van der Waals surface area contributed by atoms with Gasteiger partial charge in [0.05, 0.1) is 5.52 Å². The van der Waals surface area contributed by atoms with Crippen molar-refractivity contribution in [1.82, 2.24) is 9.55 Å². The molecule has 0 spiro atoms. The normalized spacial score (nSPS) is 16.4. The lowest BCUT2D eigenvalue weighted by atomic mass is 9.98. The largest absolute Gasteiger partial charge is 0.369 e. The molecule has 1 aliphatic rings. The van der Waals surface area contributed by atoms with Gasteiger partial charge in [0, 0.05) is 17.7 Å². The fourth-order valence-corrected chi connectivity index (χ4v) is 2.70. The molecule has 2 N–H and O–H groups in total. The van der Waals surface area contributed by atoms with Crippen LogP contribution in [0.5, 0.6) is 0 Å². The summed E-state index contributed by atoms with van der Waals surface area (Å²) < 4.78 is 28.8. The number of anilines is 1. The van der Waals surface area contributed by atoms with Crippen LogP contribution in [0.1, 0.15) is 26.7 Å². The van der Waals surface area contributed by atoms with Crippen molar-refractivity contribution in [2.24, 2.45) is 5.92 Å². The minimum absolute atomic E-state index is 0.141. The van der Waals surface area contributed by atoms with Crippen molar-refractivity contribution in [2.75, 3.05) is 5.73 Å². The van der Waals surface area contributed by atoms with Crippen LogP contribution in [0, 0.1) is 17.6 Å². The van der Waals surface area contributed by atoms with E-state index in [-0.39, 0.29) is 17.0 Å². The Morgan fingerprint density at radius 3 is 2.61 bits per heavy atom. The Labute approximate surface area is 104 Å². The average molecular weight is 251 g/mol. The third-order valence-corrected chi connectivity index (χ3v) is 3.86. The van der Waals surface area contributed by atoms with Crippen LogP contribution in [-0.2, 0) is 5.54 Å². The first-order valence-corrected chi connectivity index (χ1v) is 6.04. The van der Waals surface area contributed by atoms with Gasteiger partial charge in [-0.1, -0.05) is 0 Å². The van der Waals surface area contributed by atoms with Crippen LogP contribution < -0.4 is 5.73 Å². The number of benzene rings is 1. The van der Waals surface area contributed by atoms with Crippen molar-refractivity contribution in [3.05, 3.63) is 23.8 Å². The maximum Gasteiger partial charge on any atom is 0.201 e. The number of nitrogen functional groups attached to an aromatic ring is 1. The molecule has 1 aromatic heterocycles. The molecule has 96 valence electrons. The highest BCUT2D eigenvalue weighted by molar-refractivity contribution is 5.79. The number of rotatable bonds is 2. The third-order valence-electron chi connectivity index (χ3n) is 3.86. The minimum atomic E-state index is -0.665. The lowest BCUT2D eigenvalue weighted by molar-refractivity contribution is 0.318. The Morgan fingerprint density at radius 1 is 1.33 bits per heavy atom. The molecular weight excluding hydrogens is 236 g/mol. The van der Waals surface area contributed by atoms with Gasteiger partial charge < -0.3 is 10.3 Å². The Kier molecular flexibility index (Phi) is 2.18. The van der Waals surface area contributed by atoms with Crippen molar-refractivity contribution in [1.29, 1.82) is 0 Å².